The molecule has 1 fully saturated rings. The molecule has 0 spiro atoms. The van der Waals surface area contributed by atoms with Gasteiger partial charge in [0.2, 0.25) is 6.41 Å². The molecule has 2 aromatic rings. The molecule has 2 heterocycles. The van der Waals surface area contributed by atoms with E-state index in [1.165, 1.54) is 12.1 Å². The summed E-state index contributed by atoms with van der Waals surface area (Å²) in [6.07, 6.45) is 2.69. The Morgan fingerprint density at radius 2 is 1.62 bits per heavy atom. The molecular formula is C16H16FN3O. The topological polar surface area (TPSA) is 36.4 Å². The Hall–Kier alpha value is -2.43. The first kappa shape index (κ1) is 13.5. The lowest BCUT2D eigenvalue weighted by Crippen LogP contribution is -2.45. The fourth-order valence-electron chi connectivity index (χ4n) is 2.44. The van der Waals surface area contributed by atoms with Crippen LogP contribution in [0.5, 0.6) is 0 Å². The van der Waals surface area contributed by atoms with Crippen molar-refractivity contribution >= 4 is 12.2 Å². The van der Waals surface area contributed by atoms with Crippen LogP contribution in [0, 0.1) is 5.82 Å². The van der Waals surface area contributed by atoms with E-state index in [0.717, 1.165) is 49.5 Å². The molecule has 1 aromatic carbocycles. The van der Waals surface area contributed by atoms with Gasteiger partial charge in [-0.1, -0.05) is 12.1 Å². The van der Waals surface area contributed by atoms with Crippen LogP contribution in [0.4, 0.5) is 10.2 Å². The van der Waals surface area contributed by atoms with E-state index < -0.39 is 0 Å². The van der Waals surface area contributed by atoms with Gasteiger partial charge in [0.15, 0.2) is 0 Å². The van der Waals surface area contributed by atoms with Crippen molar-refractivity contribution in [1.29, 1.82) is 0 Å². The van der Waals surface area contributed by atoms with Gasteiger partial charge in [0, 0.05) is 37.9 Å². The standard InChI is InChI=1S/C16H16FN3O/c17-15-4-1-13(2-5-15)14-3-6-16(18-11-14)20-9-7-19(12-21)8-10-20/h1-6,11-12H,7-10H2. The summed E-state index contributed by atoms with van der Waals surface area (Å²) in [5, 5.41) is 0. The number of carbonyl (C=O) groups is 1. The molecule has 0 N–H and O–H groups in total. The van der Waals surface area contributed by atoms with Gasteiger partial charge in [-0.2, -0.15) is 0 Å². The van der Waals surface area contributed by atoms with Gasteiger partial charge < -0.3 is 9.80 Å². The maximum atomic E-state index is 12.9. The molecule has 0 radical (unpaired) electrons. The van der Waals surface area contributed by atoms with E-state index in [4.69, 9.17) is 0 Å². The summed E-state index contributed by atoms with van der Waals surface area (Å²) >= 11 is 0. The Balaban J connectivity index is 1.72. The average molecular weight is 285 g/mol. The van der Waals surface area contributed by atoms with Gasteiger partial charge >= 0.3 is 0 Å². The summed E-state index contributed by atoms with van der Waals surface area (Å²) in [5.41, 5.74) is 1.91. The number of piperazine rings is 1. The van der Waals surface area contributed by atoms with Crippen molar-refractivity contribution in [1.82, 2.24) is 9.88 Å². The minimum absolute atomic E-state index is 0.239. The number of carbonyl (C=O) groups excluding carboxylic acids is 1. The van der Waals surface area contributed by atoms with Gasteiger partial charge in [-0.25, -0.2) is 9.37 Å². The third-order valence-electron chi connectivity index (χ3n) is 3.71. The Labute approximate surface area is 122 Å². The summed E-state index contributed by atoms with van der Waals surface area (Å²) in [6.45, 7) is 3.04. The number of hydrogen-bond acceptors (Lipinski definition) is 3. The molecule has 3 rings (SSSR count). The third kappa shape index (κ3) is 3.02. The maximum Gasteiger partial charge on any atom is 0.209 e. The minimum Gasteiger partial charge on any atom is -0.353 e. The molecule has 1 aliphatic heterocycles. The molecule has 0 saturated carbocycles. The van der Waals surface area contributed by atoms with Crippen molar-refractivity contribution in [2.75, 3.05) is 31.1 Å². The van der Waals surface area contributed by atoms with E-state index in [1.807, 2.05) is 12.1 Å². The van der Waals surface area contributed by atoms with Gasteiger partial charge in [-0.15, -0.1) is 0 Å². The molecule has 108 valence electrons. The fourth-order valence-corrected chi connectivity index (χ4v) is 2.44. The Kier molecular flexibility index (Phi) is 3.81. The van der Waals surface area contributed by atoms with Crippen LogP contribution >= 0.6 is 0 Å². The summed E-state index contributed by atoms with van der Waals surface area (Å²) in [7, 11) is 0. The first-order valence-electron chi connectivity index (χ1n) is 6.92. The van der Waals surface area contributed by atoms with Gasteiger partial charge in [0.1, 0.15) is 11.6 Å². The number of anilines is 1. The number of rotatable bonds is 3. The quantitative estimate of drug-likeness (QED) is 0.811. The summed E-state index contributed by atoms with van der Waals surface area (Å²) < 4.78 is 12.9. The zero-order valence-corrected chi connectivity index (χ0v) is 11.6. The van der Waals surface area contributed by atoms with Gasteiger partial charge in [-0.3, -0.25) is 4.79 Å². The normalized spacial score (nSPS) is 15.1. The zero-order chi connectivity index (χ0) is 14.7. The second-order valence-electron chi connectivity index (χ2n) is 5.04. The number of halogens is 1. The molecule has 0 aliphatic carbocycles. The summed E-state index contributed by atoms with van der Waals surface area (Å²) in [5.74, 6) is 0.669. The molecule has 4 nitrogen and oxygen atoms in total. The molecule has 0 atom stereocenters. The van der Waals surface area contributed by atoms with Gasteiger partial charge in [-0.05, 0) is 29.8 Å². The fraction of sp³-hybridized carbons (Fsp3) is 0.250. The van der Waals surface area contributed by atoms with Crippen molar-refractivity contribution in [2.24, 2.45) is 0 Å². The Morgan fingerprint density at radius 1 is 0.952 bits per heavy atom. The third-order valence-corrected chi connectivity index (χ3v) is 3.71. The molecule has 21 heavy (non-hydrogen) atoms. The van der Waals surface area contributed by atoms with Crippen LogP contribution in [0.1, 0.15) is 0 Å². The lowest BCUT2D eigenvalue weighted by atomic mass is 10.1. The smallest absolute Gasteiger partial charge is 0.209 e. The highest BCUT2D eigenvalue weighted by atomic mass is 19.1. The largest absolute Gasteiger partial charge is 0.353 e. The first-order chi connectivity index (χ1) is 10.3. The van der Waals surface area contributed by atoms with Gasteiger partial charge in [0.05, 0.1) is 0 Å². The van der Waals surface area contributed by atoms with E-state index in [9.17, 15) is 9.18 Å². The van der Waals surface area contributed by atoms with Crippen LogP contribution in [-0.4, -0.2) is 42.5 Å². The SMILES string of the molecule is O=CN1CCN(c2ccc(-c3ccc(F)cc3)cn2)CC1. The lowest BCUT2D eigenvalue weighted by molar-refractivity contribution is -0.118. The van der Waals surface area contributed by atoms with E-state index in [-0.39, 0.29) is 5.82 Å². The van der Waals surface area contributed by atoms with E-state index in [1.54, 1.807) is 23.2 Å². The van der Waals surface area contributed by atoms with Crippen LogP contribution in [0.3, 0.4) is 0 Å². The van der Waals surface area contributed by atoms with Crippen LogP contribution in [0.2, 0.25) is 0 Å². The Bertz CT molecular complexity index is 604. The molecular weight excluding hydrogens is 269 g/mol. The van der Waals surface area contributed by atoms with Crippen molar-refractivity contribution in [3.63, 3.8) is 0 Å². The highest BCUT2D eigenvalue weighted by molar-refractivity contribution is 5.63. The number of benzene rings is 1. The van der Waals surface area contributed by atoms with Crippen molar-refractivity contribution in [2.45, 2.75) is 0 Å². The lowest BCUT2D eigenvalue weighted by Gasteiger charge is -2.33. The monoisotopic (exact) mass is 285 g/mol. The van der Waals surface area contributed by atoms with Crippen molar-refractivity contribution in [3.05, 3.63) is 48.4 Å². The average Bonchev–Trinajstić information content (AvgIpc) is 2.56. The van der Waals surface area contributed by atoms with Crippen LogP contribution in [0.15, 0.2) is 42.6 Å². The first-order valence-corrected chi connectivity index (χ1v) is 6.92. The van der Waals surface area contributed by atoms with Crippen molar-refractivity contribution in [3.8, 4) is 11.1 Å². The number of aromatic nitrogens is 1. The molecule has 1 aliphatic rings. The number of hydrogen-bond donors (Lipinski definition) is 0. The van der Waals surface area contributed by atoms with E-state index in [2.05, 4.69) is 9.88 Å². The zero-order valence-electron chi connectivity index (χ0n) is 11.6. The molecule has 1 amide bonds. The molecule has 0 bridgehead atoms. The molecule has 1 aromatic heterocycles. The predicted molar refractivity (Wildman–Crippen MR) is 79.5 cm³/mol. The maximum absolute atomic E-state index is 12.9. The highest BCUT2D eigenvalue weighted by Crippen LogP contribution is 2.21. The van der Waals surface area contributed by atoms with Crippen molar-refractivity contribution < 1.29 is 9.18 Å². The second kappa shape index (κ2) is 5.91. The minimum atomic E-state index is -0.239. The predicted octanol–water partition coefficient (Wildman–Crippen LogP) is 2.17. The second-order valence-corrected chi connectivity index (χ2v) is 5.04. The highest BCUT2D eigenvalue weighted by Gasteiger charge is 2.16. The van der Waals surface area contributed by atoms with E-state index in [0.29, 0.717) is 0 Å². The molecule has 1 saturated heterocycles. The van der Waals surface area contributed by atoms with Crippen LogP contribution in [-0.2, 0) is 4.79 Å². The molecule has 0 unspecified atom stereocenters. The Morgan fingerprint density at radius 3 is 2.19 bits per heavy atom. The van der Waals surface area contributed by atoms with Gasteiger partial charge in [0.25, 0.3) is 0 Å². The number of amides is 1. The number of pyridine rings is 1. The van der Waals surface area contributed by atoms with Crippen LogP contribution < -0.4 is 4.90 Å². The summed E-state index contributed by atoms with van der Waals surface area (Å²) in [4.78, 5) is 19.1. The summed E-state index contributed by atoms with van der Waals surface area (Å²) in [6, 6.07) is 10.3. The molecule has 5 heteroatoms. The number of nitrogens with zero attached hydrogens (tertiary/aromatic N) is 3. The van der Waals surface area contributed by atoms with E-state index >= 15 is 0 Å². The van der Waals surface area contributed by atoms with Crippen LogP contribution in [0.25, 0.3) is 11.1 Å².